The number of hydrogen-bond donors (Lipinski definition) is 1. The molecule has 4 aromatic rings. The maximum absolute atomic E-state index is 13.7. The van der Waals surface area contributed by atoms with Gasteiger partial charge in [0, 0.05) is 18.7 Å². The van der Waals surface area contributed by atoms with Crippen molar-refractivity contribution in [2.75, 3.05) is 11.4 Å². The number of sulfonamides is 1. The summed E-state index contributed by atoms with van der Waals surface area (Å²) in [5.74, 6) is -0.293. The Labute approximate surface area is 225 Å². The lowest BCUT2D eigenvalue weighted by atomic mass is 10.0. The fraction of sp³-hybridized carbons (Fsp3) is 0.179. The van der Waals surface area contributed by atoms with E-state index in [1.54, 1.807) is 24.3 Å². The van der Waals surface area contributed by atoms with Gasteiger partial charge in [-0.3, -0.25) is 14.9 Å². The molecule has 0 fully saturated rings. The summed E-state index contributed by atoms with van der Waals surface area (Å²) in [5, 5.41) is 14.9. The molecule has 8 nitrogen and oxygen atoms in total. The van der Waals surface area contributed by atoms with Crippen LogP contribution in [0.25, 0.3) is 11.1 Å². The Morgan fingerprint density at radius 2 is 1.71 bits per heavy atom. The molecule has 0 aliphatic heterocycles. The average Bonchev–Trinajstić information content (AvgIpc) is 3.44. The number of anilines is 1. The molecule has 10 heteroatoms. The summed E-state index contributed by atoms with van der Waals surface area (Å²) in [4.78, 5) is 25.8. The Kier molecular flexibility index (Phi) is 8.67. The molecule has 0 unspecified atom stereocenters. The molecule has 196 valence electrons. The number of carbonyl (C=O) groups is 1. The van der Waals surface area contributed by atoms with Crippen LogP contribution in [-0.2, 0) is 27.8 Å². The van der Waals surface area contributed by atoms with Crippen molar-refractivity contribution in [2.24, 2.45) is 0 Å². The number of carbonyl (C=O) groups excluding carboxylic acids is 1. The minimum atomic E-state index is -3.93. The van der Waals surface area contributed by atoms with E-state index in [0.29, 0.717) is 12.0 Å². The van der Waals surface area contributed by atoms with Crippen LogP contribution in [0.5, 0.6) is 0 Å². The van der Waals surface area contributed by atoms with E-state index >= 15 is 0 Å². The normalized spacial score (nSPS) is 11.3. The highest BCUT2D eigenvalue weighted by molar-refractivity contribution is 7.89. The largest absolute Gasteiger partial charge is 0.306 e. The van der Waals surface area contributed by atoms with E-state index in [0.717, 1.165) is 16.7 Å². The van der Waals surface area contributed by atoms with Crippen LogP contribution in [0.1, 0.15) is 24.5 Å². The quantitative estimate of drug-likeness (QED) is 0.188. The smallest absolute Gasteiger partial charge is 0.269 e. The van der Waals surface area contributed by atoms with Gasteiger partial charge < -0.3 is 4.90 Å². The molecule has 1 heterocycles. The fourth-order valence-corrected chi connectivity index (χ4v) is 5.95. The first-order valence-electron chi connectivity index (χ1n) is 12.0. The summed E-state index contributed by atoms with van der Waals surface area (Å²) in [6.45, 7) is 2.16. The van der Waals surface area contributed by atoms with Crippen LogP contribution in [0.3, 0.4) is 0 Å². The van der Waals surface area contributed by atoms with Crippen LogP contribution >= 0.6 is 11.3 Å². The molecule has 0 saturated carbocycles. The number of thiophene rings is 1. The van der Waals surface area contributed by atoms with Crippen molar-refractivity contribution in [1.29, 1.82) is 0 Å². The molecule has 3 aromatic carbocycles. The number of nitrogens with one attached hydrogen (secondary N) is 1. The van der Waals surface area contributed by atoms with Gasteiger partial charge in [0.2, 0.25) is 15.9 Å². The summed E-state index contributed by atoms with van der Waals surface area (Å²) >= 11 is 1.47. The molecular weight excluding hydrogens is 522 g/mol. The second-order valence-electron chi connectivity index (χ2n) is 8.66. The van der Waals surface area contributed by atoms with Gasteiger partial charge in [0.25, 0.3) is 5.69 Å². The predicted molar refractivity (Wildman–Crippen MR) is 150 cm³/mol. The van der Waals surface area contributed by atoms with E-state index in [1.165, 1.54) is 34.4 Å². The first-order valence-corrected chi connectivity index (χ1v) is 14.4. The highest BCUT2D eigenvalue weighted by Crippen LogP contribution is 2.33. The lowest BCUT2D eigenvalue weighted by Gasteiger charge is -2.26. The predicted octanol–water partition coefficient (Wildman–Crippen LogP) is 5.79. The number of hydrogen-bond acceptors (Lipinski definition) is 6. The number of non-ortho nitro benzene ring substituents is 1. The van der Waals surface area contributed by atoms with Gasteiger partial charge in [-0.25, -0.2) is 13.1 Å². The number of nitrogens with zero attached hydrogens (tertiary/aromatic N) is 2. The van der Waals surface area contributed by atoms with E-state index < -0.39 is 14.9 Å². The summed E-state index contributed by atoms with van der Waals surface area (Å²) in [6, 6.07) is 22.2. The average molecular weight is 550 g/mol. The standard InChI is InChI=1S/C28H27N3O5S2/c1-2-15-29-38(35,36)27-13-10-24(23-6-4-3-5-7-23)18-26(27)30(28(32)17-22-14-16-37-20-22)19-21-8-11-25(12-9-21)31(33)34/h3-14,16,18,20,29H,2,15,17,19H2,1H3. The zero-order valence-electron chi connectivity index (χ0n) is 20.7. The van der Waals surface area contributed by atoms with Crippen molar-refractivity contribution in [3.05, 3.63) is 111 Å². The Bertz CT molecular complexity index is 1500. The van der Waals surface area contributed by atoms with Crippen LogP contribution in [0.2, 0.25) is 0 Å². The Hall–Kier alpha value is -3.86. The molecule has 1 N–H and O–H groups in total. The van der Waals surface area contributed by atoms with Crippen molar-refractivity contribution in [3.8, 4) is 11.1 Å². The molecule has 0 atom stereocenters. The molecule has 4 rings (SSSR count). The number of rotatable bonds is 11. The Morgan fingerprint density at radius 3 is 2.34 bits per heavy atom. The van der Waals surface area contributed by atoms with Crippen molar-refractivity contribution in [2.45, 2.75) is 31.2 Å². The Morgan fingerprint density at radius 1 is 0.974 bits per heavy atom. The van der Waals surface area contributed by atoms with Gasteiger partial charge >= 0.3 is 0 Å². The Balaban J connectivity index is 1.85. The molecule has 0 spiro atoms. The number of amides is 1. The zero-order chi connectivity index (χ0) is 27.1. The minimum absolute atomic E-state index is 0.00814. The third kappa shape index (κ3) is 6.52. The van der Waals surface area contributed by atoms with Crippen LogP contribution in [-0.4, -0.2) is 25.8 Å². The molecular formula is C28H27N3O5S2. The first-order chi connectivity index (χ1) is 18.3. The summed E-state index contributed by atoms with van der Waals surface area (Å²) < 4.78 is 29.3. The third-order valence-electron chi connectivity index (χ3n) is 5.91. The monoisotopic (exact) mass is 549 g/mol. The highest BCUT2D eigenvalue weighted by atomic mass is 32.2. The van der Waals surface area contributed by atoms with Crippen LogP contribution in [0.15, 0.2) is 94.5 Å². The second kappa shape index (κ2) is 12.1. The van der Waals surface area contributed by atoms with Crippen molar-refractivity contribution in [1.82, 2.24) is 4.72 Å². The van der Waals surface area contributed by atoms with E-state index in [4.69, 9.17) is 0 Å². The molecule has 1 aromatic heterocycles. The van der Waals surface area contributed by atoms with Gasteiger partial charge in [-0.15, -0.1) is 0 Å². The molecule has 0 saturated heterocycles. The second-order valence-corrected chi connectivity index (χ2v) is 11.2. The maximum Gasteiger partial charge on any atom is 0.269 e. The number of nitro benzene ring substituents is 1. The molecule has 0 bridgehead atoms. The van der Waals surface area contributed by atoms with Crippen LogP contribution < -0.4 is 9.62 Å². The van der Waals surface area contributed by atoms with Crippen LogP contribution in [0, 0.1) is 10.1 Å². The van der Waals surface area contributed by atoms with E-state index in [9.17, 15) is 23.3 Å². The highest BCUT2D eigenvalue weighted by Gasteiger charge is 2.27. The molecule has 38 heavy (non-hydrogen) atoms. The summed E-state index contributed by atoms with van der Waals surface area (Å²) in [5.41, 5.74) is 3.26. The summed E-state index contributed by atoms with van der Waals surface area (Å²) in [7, 11) is -3.93. The summed E-state index contributed by atoms with van der Waals surface area (Å²) in [6.07, 6.45) is 0.689. The van der Waals surface area contributed by atoms with Crippen molar-refractivity contribution in [3.63, 3.8) is 0 Å². The molecule has 0 aliphatic rings. The van der Waals surface area contributed by atoms with Crippen molar-refractivity contribution >= 4 is 38.6 Å². The van der Waals surface area contributed by atoms with Gasteiger partial charge in [0.15, 0.2) is 0 Å². The topological polar surface area (TPSA) is 110 Å². The maximum atomic E-state index is 13.7. The van der Waals surface area contributed by atoms with Gasteiger partial charge in [-0.2, -0.15) is 11.3 Å². The van der Waals surface area contributed by atoms with Gasteiger partial charge in [-0.05, 0) is 57.6 Å². The molecule has 1 amide bonds. The lowest BCUT2D eigenvalue weighted by molar-refractivity contribution is -0.384. The van der Waals surface area contributed by atoms with Crippen LogP contribution in [0.4, 0.5) is 11.4 Å². The fourth-order valence-electron chi connectivity index (χ4n) is 3.96. The SMILES string of the molecule is CCCNS(=O)(=O)c1ccc(-c2ccccc2)cc1N(Cc1ccc([N+](=O)[O-])cc1)C(=O)Cc1ccsc1. The lowest BCUT2D eigenvalue weighted by Crippen LogP contribution is -2.34. The third-order valence-corrected chi connectivity index (χ3v) is 8.15. The van der Waals surface area contributed by atoms with E-state index in [2.05, 4.69) is 4.72 Å². The van der Waals surface area contributed by atoms with Gasteiger partial charge in [-0.1, -0.05) is 55.5 Å². The zero-order valence-corrected chi connectivity index (χ0v) is 22.4. The molecule has 0 radical (unpaired) electrons. The van der Waals surface area contributed by atoms with Crippen molar-refractivity contribution < 1.29 is 18.1 Å². The van der Waals surface area contributed by atoms with Gasteiger partial charge in [0.1, 0.15) is 4.90 Å². The molecule has 0 aliphatic carbocycles. The van der Waals surface area contributed by atoms with Gasteiger partial charge in [0.05, 0.1) is 23.6 Å². The minimum Gasteiger partial charge on any atom is -0.306 e. The number of benzene rings is 3. The first kappa shape index (κ1) is 27.2. The number of nitro groups is 1. The van der Waals surface area contributed by atoms with E-state index in [1.807, 2.05) is 54.1 Å². The van der Waals surface area contributed by atoms with E-state index in [-0.39, 0.29) is 41.7 Å².